The molecule has 2 nitrogen and oxygen atoms in total. The van der Waals surface area contributed by atoms with E-state index in [-0.39, 0.29) is 0 Å². The highest BCUT2D eigenvalue weighted by Gasteiger charge is 2.44. The molecule has 0 aromatic heterocycles. The van der Waals surface area contributed by atoms with Gasteiger partial charge in [-0.2, -0.15) is 0 Å². The Morgan fingerprint density at radius 1 is 0.727 bits per heavy atom. The molecule has 2 heteroatoms. The molecule has 2 aliphatic rings. The summed E-state index contributed by atoms with van der Waals surface area (Å²) in [5.74, 6) is 4.46. The van der Waals surface area contributed by atoms with Crippen molar-refractivity contribution in [3.63, 3.8) is 0 Å². The van der Waals surface area contributed by atoms with Gasteiger partial charge in [0.25, 0.3) is 0 Å². The van der Waals surface area contributed by atoms with Crippen molar-refractivity contribution >= 4 is 0 Å². The largest absolute Gasteiger partial charge is 0.252 e. The van der Waals surface area contributed by atoms with Gasteiger partial charge in [0, 0.05) is 0 Å². The molecule has 0 bridgehead atoms. The third-order valence-corrected chi connectivity index (χ3v) is 5.98. The number of hydrogen-bond acceptors (Lipinski definition) is 2. The fourth-order valence-electron chi connectivity index (χ4n) is 4.23. The van der Waals surface area contributed by atoms with E-state index >= 15 is 0 Å². The fourth-order valence-corrected chi connectivity index (χ4v) is 4.23. The molecule has 0 aromatic carbocycles. The SMILES string of the molecule is CCCCCC1CC1CC1CC1CCCCCCCCOO. The summed E-state index contributed by atoms with van der Waals surface area (Å²) in [4.78, 5) is 4.09. The van der Waals surface area contributed by atoms with Gasteiger partial charge in [-0.1, -0.05) is 71.1 Å². The molecule has 4 unspecified atom stereocenters. The topological polar surface area (TPSA) is 29.5 Å². The monoisotopic (exact) mass is 310 g/mol. The molecule has 0 aliphatic heterocycles. The molecule has 22 heavy (non-hydrogen) atoms. The summed E-state index contributed by atoms with van der Waals surface area (Å²) in [5.41, 5.74) is 0. The highest BCUT2D eigenvalue weighted by atomic mass is 17.1. The first kappa shape index (κ1) is 18.3. The van der Waals surface area contributed by atoms with Crippen LogP contribution < -0.4 is 0 Å². The van der Waals surface area contributed by atoms with Gasteiger partial charge in [0.15, 0.2) is 0 Å². The average molecular weight is 311 g/mol. The van der Waals surface area contributed by atoms with Crippen LogP contribution in [0.1, 0.15) is 96.8 Å². The standard InChI is InChI=1S/C20H38O2/c1-2-3-8-11-17-14-19(17)16-20-15-18(20)12-9-6-4-5-7-10-13-22-21/h17-21H,2-16H2,1H3. The molecular weight excluding hydrogens is 272 g/mol. The average Bonchev–Trinajstić information content (AvgIpc) is 3.42. The lowest BCUT2D eigenvalue weighted by Gasteiger charge is -2.02. The Morgan fingerprint density at radius 2 is 1.27 bits per heavy atom. The van der Waals surface area contributed by atoms with Crippen LogP contribution in [0.15, 0.2) is 0 Å². The highest BCUT2D eigenvalue weighted by molar-refractivity contribution is 4.94. The van der Waals surface area contributed by atoms with E-state index in [0.717, 1.165) is 30.1 Å². The summed E-state index contributed by atoms with van der Waals surface area (Å²) < 4.78 is 0. The van der Waals surface area contributed by atoms with Gasteiger partial charge in [0.2, 0.25) is 0 Å². The smallest absolute Gasteiger partial charge is 0.0819 e. The van der Waals surface area contributed by atoms with E-state index in [0.29, 0.717) is 6.61 Å². The quantitative estimate of drug-likeness (QED) is 0.214. The number of rotatable bonds is 15. The van der Waals surface area contributed by atoms with Gasteiger partial charge in [0.05, 0.1) is 6.61 Å². The summed E-state index contributed by atoms with van der Waals surface area (Å²) >= 11 is 0. The Bertz CT molecular complexity index is 279. The molecule has 0 aromatic rings. The van der Waals surface area contributed by atoms with Crippen LogP contribution in [0.4, 0.5) is 0 Å². The van der Waals surface area contributed by atoms with Gasteiger partial charge >= 0.3 is 0 Å². The maximum Gasteiger partial charge on any atom is 0.0819 e. The molecule has 2 fully saturated rings. The van der Waals surface area contributed by atoms with Gasteiger partial charge in [-0.25, -0.2) is 4.89 Å². The van der Waals surface area contributed by atoms with E-state index in [9.17, 15) is 0 Å². The van der Waals surface area contributed by atoms with Crippen LogP contribution in [0.25, 0.3) is 0 Å². The normalized spacial score (nSPS) is 29.7. The van der Waals surface area contributed by atoms with Gasteiger partial charge in [0.1, 0.15) is 0 Å². The zero-order chi connectivity index (χ0) is 15.6. The predicted molar refractivity (Wildman–Crippen MR) is 92.9 cm³/mol. The molecule has 1 N–H and O–H groups in total. The first-order chi connectivity index (χ1) is 10.8. The fraction of sp³-hybridized carbons (Fsp3) is 1.00. The van der Waals surface area contributed by atoms with Gasteiger partial charge in [-0.15, -0.1) is 0 Å². The minimum Gasteiger partial charge on any atom is -0.252 e. The van der Waals surface area contributed by atoms with E-state index in [1.165, 1.54) is 64.2 Å². The second kappa shape index (κ2) is 10.6. The molecule has 0 heterocycles. The van der Waals surface area contributed by atoms with Crippen molar-refractivity contribution in [1.29, 1.82) is 0 Å². The first-order valence-electron chi connectivity index (χ1n) is 10.1. The number of hydrogen-bond donors (Lipinski definition) is 1. The Hall–Kier alpha value is -0.0800. The second-order valence-corrected chi connectivity index (χ2v) is 7.99. The van der Waals surface area contributed by atoms with Crippen molar-refractivity contribution in [2.75, 3.05) is 6.61 Å². The summed E-state index contributed by atoms with van der Waals surface area (Å²) in [7, 11) is 0. The molecule has 130 valence electrons. The molecule has 2 saturated carbocycles. The van der Waals surface area contributed by atoms with Crippen LogP contribution in [0.2, 0.25) is 0 Å². The Labute approximate surface area is 137 Å². The van der Waals surface area contributed by atoms with Crippen molar-refractivity contribution in [1.82, 2.24) is 0 Å². The third-order valence-electron chi connectivity index (χ3n) is 5.98. The van der Waals surface area contributed by atoms with Crippen LogP contribution in [0.3, 0.4) is 0 Å². The summed E-state index contributed by atoms with van der Waals surface area (Å²) in [5, 5.41) is 8.24. The molecule has 0 saturated heterocycles. The zero-order valence-electron chi connectivity index (χ0n) is 14.8. The van der Waals surface area contributed by atoms with Crippen molar-refractivity contribution in [3.05, 3.63) is 0 Å². The van der Waals surface area contributed by atoms with Crippen LogP contribution in [0.5, 0.6) is 0 Å². The molecule has 0 spiro atoms. The van der Waals surface area contributed by atoms with Crippen molar-refractivity contribution < 1.29 is 10.1 Å². The third kappa shape index (κ3) is 7.46. The number of unbranched alkanes of at least 4 members (excludes halogenated alkanes) is 7. The van der Waals surface area contributed by atoms with E-state index in [4.69, 9.17) is 5.26 Å². The molecule has 2 aliphatic carbocycles. The molecule has 4 atom stereocenters. The summed E-state index contributed by atoms with van der Waals surface area (Å²) in [6.07, 6.45) is 19.7. The summed E-state index contributed by atoms with van der Waals surface area (Å²) in [6, 6.07) is 0. The lowest BCUT2D eigenvalue weighted by atomic mass is 10.0. The van der Waals surface area contributed by atoms with E-state index < -0.39 is 0 Å². The maximum atomic E-state index is 8.24. The Morgan fingerprint density at radius 3 is 1.86 bits per heavy atom. The van der Waals surface area contributed by atoms with Gasteiger partial charge in [-0.3, -0.25) is 5.26 Å². The van der Waals surface area contributed by atoms with Gasteiger partial charge < -0.3 is 0 Å². The minimum atomic E-state index is 0.504. The summed E-state index contributed by atoms with van der Waals surface area (Å²) in [6.45, 7) is 2.81. The van der Waals surface area contributed by atoms with Crippen molar-refractivity contribution in [3.8, 4) is 0 Å². The van der Waals surface area contributed by atoms with Crippen LogP contribution in [0, 0.1) is 23.7 Å². The second-order valence-electron chi connectivity index (χ2n) is 7.99. The molecule has 0 radical (unpaired) electrons. The first-order valence-corrected chi connectivity index (χ1v) is 10.1. The minimum absolute atomic E-state index is 0.504. The van der Waals surface area contributed by atoms with Crippen molar-refractivity contribution in [2.45, 2.75) is 96.8 Å². The predicted octanol–water partition coefficient (Wildman–Crippen LogP) is 6.45. The highest BCUT2D eigenvalue weighted by Crippen LogP contribution is 2.54. The Kier molecular flexibility index (Phi) is 8.84. The molecule has 0 amide bonds. The maximum absolute atomic E-state index is 8.24. The van der Waals surface area contributed by atoms with Crippen LogP contribution in [-0.2, 0) is 4.89 Å². The molecule has 2 rings (SSSR count). The van der Waals surface area contributed by atoms with Crippen LogP contribution >= 0.6 is 0 Å². The zero-order valence-corrected chi connectivity index (χ0v) is 14.8. The molecular formula is C20H38O2. The lowest BCUT2D eigenvalue weighted by molar-refractivity contribution is -0.242. The van der Waals surface area contributed by atoms with E-state index in [1.54, 1.807) is 19.3 Å². The van der Waals surface area contributed by atoms with Gasteiger partial charge in [-0.05, 0) is 49.4 Å². The Balaban J connectivity index is 1.34. The lowest BCUT2D eigenvalue weighted by Crippen LogP contribution is -1.90. The van der Waals surface area contributed by atoms with Crippen LogP contribution in [-0.4, -0.2) is 11.9 Å². The van der Waals surface area contributed by atoms with E-state index in [2.05, 4.69) is 11.8 Å². The van der Waals surface area contributed by atoms with E-state index in [1.807, 2.05) is 0 Å². The van der Waals surface area contributed by atoms with Crippen molar-refractivity contribution in [2.24, 2.45) is 23.7 Å².